The Morgan fingerprint density at radius 3 is 2.96 bits per heavy atom. The van der Waals surface area contributed by atoms with Gasteiger partial charge in [-0.05, 0) is 50.9 Å². The second-order valence-corrected chi connectivity index (χ2v) is 7.22. The number of fused-ring (bicyclic) bond motifs is 1. The second-order valence-electron chi connectivity index (χ2n) is 7.22. The van der Waals surface area contributed by atoms with E-state index in [-0.39, 0.29) is 18.6 Å². The van der Waals surface area contributed by atoms with Crippen molar-refractivity contribution in [1.29, 1.82) is 0 Å². The quantitative estimate of drug-likeness (QED) is 0.853. The van der Waals surface area contributed by atoms with Gasteiger partial charge in [0.2, 0.25) is 0 Å². The minimum atomic E-state index is -0.391. The molecule has 1 fully saturated rings. The molecule has 2 aliphatic heterocycles. The molecule has 7 heteroatoms. The summed E-state index contributed by atoms with van der Waals surface area (Å²) < 4.78 is 14.6. The first-order valence-electron chi connectivity index (χ1n) is 9.37. The van der Waals surface area contributed by atoms with Gasteiger partial charge in [-0.2, -0.15) is 0 Å². The number of pyridine rings is 1. The van der Waals surface area contributed by atoms with Gasteiger partial charge in [0, 0.05) is 23.9 Å². The van der Waals surface area contributed by atoms with E-state index < -0.39 is 5.82 Å². The van der Waals surface area contributed by atoms with Crippen LogP contribution in [0.3, 0.4) is 0 Å². The van der Waals surface area contributed by atoms with Crippen LogP contribution in [0.5, 0.6) is 0 Å². The summed E-state index contributed by atoms with van der Waals surface area (Å²) in [5, 5.41) is 3.38. The molecule has 4 rings (SSSR count). The number of aryl methyl sites for hydroxylation is 1. The Morgan fingerprint density at radius 2 is 2.15 bits per heavy atom. The van der Waals surface area contributed by atoms with Crippen molar-refractivity contribution in [3.05, 3.63) is 47.4 Å². The Labute approximate surface area is 158 Å². The van der Waals surface area contributed by atoms with Crippen molar-refractivity contribution in [2.24, 2.45) is 0 Å². The molecular weight excluding hydrogens is 345 g/mol. The largest absolute Gasteiger partial charge is 0.384 e. The Hall–Kier alpha value is -2.67. The number of aromatic nitrogens is 1. The van der Waals surface area contributed by atoms with Gasteiger partial charge in [-0.25, -0.2) is 14.2 Å². The van der Waals surface area contributed by atoms with Gasteiger partial charge < -0.3 is 11.1 Å². The number of amides is 2. The van der Waals surface area contributed by atoms with Crippen LogP contribution in [-0.2, 0) is 6.54 Å². The summed E-state index contributed by atoms with van der Waals surface area (Å²) in [6.07, 6.45) is 4.42. The topological polar surface area (TPSA) is 74.5 Å². The fourth-order valence-electron chi connectivity index (χ4n) is 4.06. The molecule has 2 amide bonds. The molecule has 3 N–H and O–H groups in total. The number of anilines is 3. The lowest BCUT2D eigenvalue weighted by Crippen LogP contribution is -2.52. The monoisotopic (exact) mass is 369 g/mol. The molecule has 6 nitrogen and oxygen atoms in total. The van der Waals surface area contributed by atoms with Crippen LogP contribution >= 0.6 is 0 Å². The molecule has 1 aromatic heterocycles. The number of para-hydroxylation sites is 1. The molecule has 0 saturated carbocycles. The van der Waals surface area contributed by atoms with Crippen LogP contribution in [0.25, 0.3) is 0 Å². The van der Waals surface area contributed by atoms with Gasteiger partial charge in [-0.15, -0.1) is 0 Å². The Kier molecular flexibility index (Phi) is 4.70. The van der Waals surface area contributed by atoms with Crippen LogP contribution in [0.1, 0.15) is 30.4 Å². The maximum absolute atomic E-state index is 14.6. The fourth-order valence-corrected chi connectivity index (χ4v) is 4.06. The molecule has 2 aromatic rings. The van der Waals surface area contributed by atoms with Crippen LogP contribution in [0, 0.1) is 12.7 Å². The standard InChI is InChI=1S/C20H24FN5O/c1-13-4-2-6-16(21)19(13)25-12-14-11-24-18(22)10-17(14)26(20(25)27)15-5-3-8-23-9-7-15/h2,4,6,10-11,15,23H,3,5,7-9,12H2,1H3,(H2,22,24)/t15-/m1/s1. The van der Waals surface area contributed by atoms with E-state index in [0.717, 1.165) is 49.2 Å². The van der Waals surface area contributed by atoms with E-state index >= 15 is 0 Å². The number of hydrogen-bond acceptors (Lipinski definition) is 4. The zero-order valence-corrected chi connectivity index (χ0v) is 15.4. The number of nitrogens with zero attached hydrogens (tertiary/aromatic N) is 3. The first-order chi connectivity index (χ1) is 13.1. The molecule has 1 aromatic carbocycles. The predicted octanol–water partition coefficient (Wildman–Crippen LogP) is 3.20. The highest BCUT2D eigenvalue weighted by atomic mass is 19.1. The average molecular weight is 369 g/mol. The molecule has 27 heavy (non-hydrogen) atoms. The highest BCUT2D eigenvalue weighted by Gasteiger charge is 2.37. The number of rotatable bonds is 2. The summed E-state index contributed by atoms with van der Waals surface area (Å²) in [7, 11) is 0. The minimum absolute atomic E-state index is 0.0444. The van der Waals surface area contributed by atoms with E-state index in [4.69, 9.17) is 5.73 Å². The maximum atomic E-state index is 14.6. The van der Waals surface area contributed by atoms with E-state index in [1.165, 1.54) is 11.0 Å². The number of hydrogen-bond donors (Lipinski definition) is 2. The molecule has 1 saturated heterocycles. The lowest BCUT2D eigenvalue weighted by Gasteiger charge is -2.41. The van der Waals surface area contributed by atoms with Gasteiger partial charge in [0.05, 0.1) is 17.9 Å². The van der Waals surface area contributed by atoms with E-state index in [9.17, 15) is 9.18 Å². The summed E-state index contributed by atoms with van der Waals surface area (Å²) in [5.74, 6) is -0.00786. The van der Waals surface area contributed by atoms with Crippen LogP contribution in [0.4, 0.5) is 26.4 Å². The van der Waals surface area contributed by atoms with Crippen LogP contribution < -0.4 is 20.9 Å². The van der Waals surface area contributed by atoms with Crippen molar-refractivity contribution in [2.45, 2.75) is 38.8 Å². The third kappa shape index (κ3) is 3.23. The van der Waals surface area contributed by atoms with Crippen molar-refractivity contribution in [1.82, 2.24) is 10.3 Å². The molecular formula is C20H24FN5O. The SMILES string of the molecule is Cc1cccc(F)c1N1Cc2cnc(N)cc2N([C@@H]2CCCNCC2)C1=O. The lowest BCUT2D eigenvalue weighted by atomic mass is 10.0. The molecule has 1 atom stereocenters. The first-order valence-corrected chi connectivity index (χ1v) is 9.37. The Bertz CT molecular complexity index is 843. The maximum Gasteiger partial charge on any atom is 0.329 e. The highest BCUT2D eigenvalue weighted by Crippen LogP contribution is 2.37. The molecule has 0 unspecified atom stereocenters. The van der Waals surface area contributed by atoms with Crippen molar-refractivity contribution in [3.8, 4) is 0 Å². The molecule has 142 valence electrons. The molecule has 0 bridgehead atoms. The number of nitrogen functional groups attached to an aromatic ring is 1. The van der Waals surface area contributed by atoms with E-state index in [1.807, 2.05) is 13.0 Å². The van der Waals surface area contributed by atoms with Crippen molar-refractivity contribution < 1.29 is 9.18 Å². The van der Waals surface area contributed by atoms with E-state index in [2.05, 4.69) is 10.3 Å². The van der Waals surface area contributed by atoms with E-state index in [1.54, 1.807) is 23.2 Å². The summed E-state index contributed by atoms with van der Waals surface area (Å²) >= 11 is 0. The summed E-state index contributed by atoms with van der Waals surface area (Å²) in [6.45, 7) is 3.90. The van der Waals surface area contributed by atoms with Gasteiger partial charge in [0.15, 0.2) is 0 Å². The Balaban J connectivity index is 1.81. The fraction of sp³-hybridized carbons (Fsp3) is 0.400. The second kappa shape index (κ2) is 7.15. The van der Waals surface area contributed by atoms with Gasteiger partial charge >= 0.3 is 6.03 Å². The zero-order chi connectivity index (χ0) is 19.0. The summed E-state index contributed by atoms with van der Waals surface area (Å²) in [6, 6.07) is 6.48. The Morgan fingerprint density at radius 1 is 1.30 bits per heavy atom. The first kappa shape index (κ1) is 17.7. The van der Waals surface area contributed by atoms with Gasteiger partial charge in [-0.1, -0.05) is 12.1 Å². The van der Waals surface area contributed by atoms with Crippen molar-refractivity contribution in [3.63, 3.8) is 0 Å². The predicted molar refractivity (Wildman–Crippen MR) is 104 cm³/mol. The van der Waals surface area contributed by atoms with E-state index in [0.29, 0.717) is 11.5 Å². The molecule has 0 radical (unpaired) electrons. The number of urea groups is 1. The van der Waals surface area contributed by atoms with Gasteiger partial charge in [0.1, 0.15) is 11.6 Å². The third-order valence-corrected chi connectivity index (χ3v) is 5.38. The van der Waals surface area contributed by atoms with Crippen molar-refractivity contribution >= 4 is 23.2 Å². The molecule has 3 heterocycles. The average Bonchev–Trinajstić information content (AvgIpc) is 2.91. The minimum Gasteiger partial charge on any atom is -0.384 e. The number of carbonyl (C=O) groups excluding carboxylic acids is 1. The normalized spacial score (nSPS) is 20.4. The number of nitrogens with one attached hydrogen (secondary N) is 1. The number of carbonyl (C=O) groups is 1. The highest BCUT2D eigenvalue weighted by molar-refractivity contribution is 6.07. The summed E-state index contributed by atoms with van der Waals surface area (Å²) in [5.41, 5.74) is 8.65. The lowest BCUT2D eigenvalue weighted by molar-refractivity contribution is 0.246. The van der Waals surface area contributed by atoms with Crippen molar-refractivity contribution in [2.75, 3.05) is 28.6 Å². The number of halogens is 1. The molecule has 0 spiro atoms. The zero-order valence-electron chi connectivity index (χ0n) is 15.4. The smallest absolute Gasteiger partial charge is 0.329 e. The number of benzene rings is 1. The summed E-state index contributed by atoms with van der Waals surface area (Å²) in [4.78, 5) is 21.0. The number of nitrogens with two attached hydrogens (primary N) is 1. The van der Waals surface area contributed by atoms with Gasteiger partial charge in [0.25, 0.3) is 0 Å². The van der Waals surface area contributed by atoms with Crippen LogP contribution in [0.2, 0.25) is 0 Å². The van der Waals surface area contributed by atoms with Crippen LogP contribution in [0.15, 0.2) is 30.5 Å². The van der Waals surface area contributed by atoms with Crippen LogP contribution in [-0.4, -0.2) is 30.1 Å². The van der Waals surface area contributed by atoms with Gasteiger partial charge in [-0.3, -0.25) is 9.80 Å². The molecule has 2 aliphatic rings. The third-order valence-electron chi connectivity index (χ3n) is 5.38. The molecule has 0 aliphatic carbocycles.